The first-order chi connectivity index (χ1) is 13.0. The van der Waals surface area contributed by atoms with E-state index >= 15 is 0 Å². The van der Waals surface area contributed by atoms with Crippen molar-refractivity contribution in [2.75, 3.05) is 12.4 Å². The highest BCUT2D eigenvalue weighted by Gasteiger charge is 2.62. The topological polar surface area (TPSA) is 66.5 Å². The molecule has 2 bridgehead atoms. The lowest BCUT2D eigenvalue weighted by Gasteiger charge is -2.55. The molecule has 1 saturated carbocycles. The summed E-state index contributed by atoms with van der Waals surface area (Å²) in [5.41, 5.74) is -0.128. The molecule has 3 rings (SSSR count). The summed E-state index contributed by atoms with van der Waals surface area (Å²) in [7, 11) is 1.56. The van der Waals surface area contributed by atoms with Crippen molar-refractivity contribution < 1.29 is 14.4 Å². The zero-order valence-electron chi connectivity index (χ0n) is 17.7. The Morgan fingerprint density at radius 3 is 2.04 bits per heavy atom. The lowest BCUT2D eigenvalue weighted by atomic mass is 9.51. The molecule has 0 spiro atoms. The molecule has 1 N–H and O–H groups in total. The van der Waals surface area contributed by atoms with Crippen molar-refractivity contribution in [3.63, 3.8) is 0 Å². The van der Waals surface area contributed by atoms with Gasteiger partial charge in [0.15, 0.2) is 0 Å². The van der Waals surface area contributed by atoms with Gasteiger partial charge in [0.05, 0.1) is 0 Å². The van der Waals surface area contributed by atoms with Crippen LogP contribution in [0.2, 0.25) is 0 Å². The van der Waals surface area contributed by atoms with Gasteiger partial charge >= 0.3 is 0 Å². The molecule has 152 valence electrons. The molecular weight excluding hydrogens is 352 g/mol. The van der Waals surface area contributed by atoms with Crippen LogP contribution in [0.5, 0.6) is 0 Å². The summed E-state index contributed by atoms with van der Waals surface area (Å²) in [6, 6.07) is 7.97. The first kappa shape index (κ1) is 20.6. The number of fused-ring (bicyclic) bond motifs is 2. The minimum absolute atomic E-state index is 0.115. The van der Waals surface area contributed by atoms with Crippen LogP contribution < -0.4 is 5.32 Å². The van der Waals surface area contributed by atoms with E-state index in [2.05, 4.69) is 12.2 Å². The van der Waals surface area contributed by atoms with Crippen LogP contribution in [0.3, 0.4) is 0 Å². The van der Waals surface area contributed by atoms with E-state index in [0.717, 1.165) is 24.9 Å². The van der Waals surface area contributed by atoms with Gasteiger partial charge < -0.3 is 5.32 Å². The number of nitrogens with one attached hydrogen (secondary N) is 1. The van der Waals surface area contributed by atoms with Crippen LogP contribution >= 0.6 is 0 Å². The summed E-state index contributed by atoms with van der Waals surface area (Å²) < 4.78 is 0. The molecule has 1 aromatic rings. The van der Waals surface area contributed by atoms with Gasteiger partial charge in [-0.3, -0.25) is 19.3 Å². The predicted molar refractivity (Wildman–Crippen MR) is 110 cm³/mol. The number of carbonyl (C=O) groups excluding carboxylic acids is 3. The first-order valence-corrected chi connectivity index (χ1v) is 10.3. The van der Waals surface area contributed by atoms with Crippen molar-refractivity contribution in [3.8, 4) is 0 Å². The Kier molecular flexibility index (Phi) is 5.15. The normalized spacial score (nSPS) is 32.4. The van der Waals surface area contributed by atoms with E-state index in [-0.39, 0.29) is 17.7 Å². The van der Waals surface area contributed by atoms with Gasteiger partial charge in [0.1, 0.15) is 0 Å². The standard InChI is InChI=1S/C23H32N2O3/c1-6-7-8-16-9-11-17(12-10-16)24-18(26)21(2)13-22(3)15-23(4,14-21)20(28)25(5)19(22)27/h9-12H,6-8,13-15H2,1-5H3,(H,24,26). The minimum Gasteiger partial charge on any atom is -0.326 e. The maximum Gasteiger partial charge on any atom is 0.234 e. The Morgan fingerprint density at radius 1 is 1.00 bits per heavy atom. The molecule has 1 heterocycles. The number of hydrogen-bond acceptors (Lipinski definition) is 3. The minimum atomic E-state index is -0.769. The van der Waals surface area contributed by atoms with E-state index in [1.807, 2.05) is 45.0 Å². The summed E-state index contributed by atoms with van der Waals surface area (Å²) in [5, 5.41) is 3.02. The number of aryl methyl sites for hydroxylation is 1. The highest BCUT2D eigenvalue weighted by atomic mass is 16.2. The Bertz CT molecular complexity index is 771. The number of benzene rings is 1. The number of amides is 3. The highest BCUT2D eigenvalue weighted by Crippen LogP contribution is 2.58. The maximum absolute atomic E-state index is 13.2. The Labute approximate surface area is 167 Å². The fourth-order valence-electron chi connectivity index (χ4n) is 5.55. The molecule has 2 atom stereocenters. The molecule has 28 heavy (non-hydrogen) atoms. The number of carbonyl (C=O) groups is 3. The van der Waals surface area contributed by atoms with Crippen LogP contribution in [0.4, 0.5) is 5.69 Å². The maximum atomic E-state index is 13.2. The summed E-state index contributed by atoms with van der Waals surface area (Å²) in [6.45, 7) is 7.84. The van der Waals surface area contributed by atoms with Crippen LogP contribution in [0.25, 0.3) is 0 Å². The molecule has 1 saturated heterocycles. The summed E-state index contributed by atoms with van der Waals surface area (Å²) in [4.78, 5) is 40.0. The number of nitrogens with zero attached hydrogens (tertiary/aromatic N) is 1. The highest BCUT2D eigenvalue weighted by molar-refractivity contribution is 6.05. The second kappa shape index (κ2) is 7.02. The molecule has 0 aromatic heterocycles. The molecule has 5 nitrogen and oxygen atoms in total. The quantitative estimate of drug-likeness (QED) is 0.775. The van der Waals surface area contributed by atoms with Gasteiger partial charge in [-0.15, -0.1) is 0 Å². The molecule has 2 aliphatic rings. The molecular formula is C23H32N2O3. The van der Waals surface area contributed by atoms with Gasteiger partial charge in [0, 0.05) is 29.0 Å². The summed E-state index contributed by atoms with van der Waals surface area (Å²) >= 11 is 0. The number of hydrogen-bond donors (Lipinski definition) is 1. The zero-order chi connectivity index (χ0) is 20.7. The Balaban J connectivity index is 1.80. The van der Waals surface area contributed by atoms with Crippen LogP contribution in [-0.2, 0) is 20.8 Å². The third-order valence-corrected chi connectivity index (χ3v) is 6.56. The second-order valence-electron chi connectivity index (χ2n) is 9.64. The van der Waals surface area contributed by atoms with Crippen molar-refractivity contribution in [2.45, 2.75) is 66.2 Å². The third kappa shape index (κ3) is 3.47. The van der Waals surface area contributed by atoms with Gasteiger partial charge in [-0.05, 0) is 49.8 Å². The number of likely N-dealkylation sites (tertiary alicyclic amines) is 1. The Morgan fingerprint density at radius 2 is 1.54 bits per heavy atom. The van der Waals surface area contributed by atoms with Gasteiger partial charge in [0.2, 0.25) is 17.7 Å². The van der Waals surface area contributed by atoms with E-state index < -0.39 is 16.2 Å². The number of imide groups is 1. The molecule has 2 unspecified atom stereocenters. The average molecular weight is 385 g/mol. The summed E-state index contributed by atoms with van der Waals surface area (Å²) in [5.74, 6) is -0.459. The van der Waals surface area contributed by atoms with Crippen molar-refractivity contribution in [3.05, 3.63) is 29.8 Å². The van der Waals surface area contributed by atoms with E-state index in [9.17, 15) is 14.4 Å². The van der Waals surface area contributed by atoms with Gasteiger partial charge in [-0.1, -0.05) is 46.2 Å². The third-order valence-electron chi connectivity index (χ3n) is 6.56. The van der Waals surface area contributed by atoms with Crippen molar-refractivity contribution in [1.82, 2.24) is 4.90 Å². The number of anilines is 1. The smallest absolute Gasteiger partial charge is 0.234 e. The second-order valence-corrected chi connectivity index (χ2v) is 9.64. The van der Waals surface area contributed by atoms with E-state index in [0.29, 0.717) is 19.3 Å². The Hall–Kier alpha value is -2.17. The zero-order valence-corrected chi connectivity index (χ0v) is 17.7. The van der Waals surface area contributed by atoms with Crippen LogP contribution in [0.15, 0.2) is 24.3 Å². The lowest BCUT2D eigenvalue weighted by Crippen LogP contribution is -2.63. The molecule has 1 aliphatic carbocycles. The molecule has 0 radical (unpaired) electrons. The summed E-state index contributed by atoms with van der Waals surface area (Å²) in [6.07, 6.45) is 4.76. The molecule has 1 aromatic carbocycles. The van der Waals surface area contributed by atoms with E-state index in [4.69, 9.17) is 0 Å². The monoisotopic (exact) mass is 384 g/mol. The van der Waals surface area contributed by atoms with Gasteiger partial charge in [-0.25, -0.2) is 0 Å². The van der Waals surface area contributed by atoms with Crippen molar-refractivity contribution >= 4 is 23.4 Å². The molecule has 2 fully saturated rings. The number of rotatable bonds is 5. The lowest BCUT2D eigenvalue weighted by molar-refractivity contribution is -0.177. The molecule has 5 heteroatoms. The fraction of sp³-hybridized carbons (Fsp3) is 0.609. The van der Waals surface area contributed by atoms with Crippen LogP contribution in [-0.4, -0.2) is 29.7 Å². The van der Waals surface area contributed by atoms with E-state index in [1.165, 1.54) is 10.5 Å². The molecule has 3 amide bonds. The van der Waals surface area contributed by atoms with Crippen LogP contribution in [0.1, 0.15) is 65.4 Å². The van der Waals surface area contributed by atoms with Crippen molar-refractivity contribution in [1.29, 1.82) is 0 Å². The number of unbranched alkanes of at least 4 members (excludes halogenated alkanes) is 1. The van der Waals surface area contributed by atoms with Gasteiger partial charge in [0.25, 0.3) is 0 Å². The average Bonchev–Trinajstić information content (AvgIpc) is 2.63. The van der Waals surface area contributed by atoms with Crippen LogP contribution in [0, 0.1) is 16.2 Å². The fourth-order valence-corrected chi connectivity index (χ4v) is 5.55. The predicted octanol–water partition coefficient (Wildman–Crippen LogP) is 4.17. The SMILES string of the molecule is CCCCc1ccc(NC(=O)C2(C)CC3(C)CC(C)(C2)C(=O)N(C)C3=O)cc1. The van der Waals surface area contributed by atoms with Crippen molar-refractivity contribution in [2.24, 2.45) is 16.2 Å². The van der Waals surface area contributed by atoms with Gasteiger partial charge in [-0.2, -0.15) is 0 Å². The largest absolute Gasteiger partial charge is 0.326 e. The molecule has 1 aliphatic heterocycles. The van der Waals surface area contributed by atoms with E-state index in [1.54, 1.807) is 7.05 Å². The first-order valence-electron chi connectivity index (χ1n) is 10.3. The number of piperidine rings is 1.